The largest absolute Gasteiger partial charge is 0.357 e. The first kappa shape index (κ1) is 20.7. The van der Waals surface area contributed by atoms with E-state index in [2.05, 4.69) is 32.6 Å². The second-order valence-electron chi connectivity index (χ2n) is 5.20. The standard InChI is InChI=1S/C16H23ClN6.HI/c1-3-18-16(20-9-7-14-11-22-23(2)12-14)19-8-6-13-4-5-15(17)21-10-13;/h4-5,10-12H,3,6-9H2,1-2H3,(H2,18,19,20);1H. The Kier molecular flexibility index (Phi) is 9.70. The smallest absolute Gasteiger partial charge is 0.191 e. The fourth-order valence-corrected chi connectivity index (χ4v) is 2.23. The van der Waals surface area contributed by atoms with Crippen LogP contribution in [0.25, 0.3) is 0 Å². The molecule has 0 aromatic carbocycles. The van der Waals surface area contributed by atoms with Gasteiger partial charge in [0, 0.05) is 39.1 Å². The molecule has 0 saturated heterocycles. The lowest BCUT2D eigenvalue weighted by molar-refractivity contribution is 0.765. The number of aliphatic imine (C=N–C) groups is 1. The molecule has 24 heavy (non-hydrogen) atoms. The van der Waals surface area contributed by atoms with Gasteiger partial charge in [-0.3, -0.25) is 9.67 Å². The summed E-state index contributed by atoms with van der Waals surface area (Å²) in [6.45, 7) is 4.41. The van der Waals surface area contributed by atoms with Crippen LogP contribution in [0.3, 0.4) is 0 Å². The monoisotopic (exact) mass is 462 g/mol. The Bertz CT molecular complexity index is 626. The van der Waals surface area contributed by atoms with Gasteiger partial charge in [-0.15, -0.1) is 24.0 Å². The number of nitrogens with zero attached hydrogens (tertiary/aromatic N) is 4. The van der Waals surface area contributed by atoms with Crippen LogP contribution in [0.1, 0.15) is 18.1 Å². The van der Waals surface area contributed by atoms with Gasteiger partial charge in [-0.2, -0.15) is 5.10 Å². The Morgan fingerprint density at radius 3 is 2.67 bits per heavy atom. The summed E-state index contributed by atoms with van der Waals surface area (Å²) in [5.41, 5.74) is 2.34. The molecule has 2 N–H and O–H groups in total. The van der Waals surface area contributed by atoms with Crippen molar-refractivity contribution < 1.29 is 0 Å². The van der Waals surface area contributed by atoms with Crippen molar-refractivity contribution in [3.8, 4) is 0 Å². The van der Waals surface area contributed by atoms with Gasteiger partial charge in [0.25, 0.3) is 0 Å². The number of guanidine groups is 1. The maximum atomic E-state index is 5.78. The van der Waals surface area contributed by atoms with Crippen molar-refractivity contribution in [3.63, 3.8) is 0 Å². The minimum atomic E-state index is 0. The van der Waals surface area contributed by atoms with E-state index in [1.165, 1.54) is 5.56 Å². The molecule has 0 atom stereocenters. The van der Waals surface area contributed by atoms with E-state index in [1.807, 2.05) is 30.2 Å². The summed E-state index contributed by atoms with van der Waals surface area (Å²) >= 11 is 5.78. The molecule has 0 amide bonds. The third kappa shape index (κ3) is 7.48. The maximum Gasteiger partial charge on any atom is 0.191 e. The lowest BCUT2D eigenvalue weighted by Gasteiger charge is -2.10. The van der Waals surface area contributed by atoms with Crippen molar-refractivity contribution in [1.29, 1.82) is 0 Å². The Hall–Kier alpha value is -1.35. The number of aromatic nitrogens is 3. The highest BCUT2D eigenvalue weighted by Crippen LogP contribution is 2.05. The molecule has 0 aliphatic heterocycles. The molecule has 0 fully saturated rings. The highest BCUT2D eigenvalue weighted by molar-refractivity contribution is 14.0. The number of pyridine rings is 1. The Balaban J connectivity index is 0.00000288. The average molecular weight is 463 g/mol. The van der Waals surface area contributed by atoms with Crippen LogP contribution in [-0.4, -0.2) is 40.4 Å². The number of hydrogen-bond donors (Lipinski definition) is 2. The molecule has 2 aromatic heterocycles. The molecule has 0 bridgehead atoms. The normalized spacial score (nSPS) is 11.0. The van der Waals surface area contributed by atoms with Crippen LogP contribution < -0.4 is 10.6 Å². The van der Waals surface area contributed by atoms with Crippen LogP contribution in [0.15, 0.2) is 35.7 Å². The second kappa shape index (κ2) is 11.2. The topological polar surface area (TPSA) is 67.1 Å². The van der Waals surface area contributed by atoms with Crippen molar-refractivity contribution in [3.05, 3.63) is 47.0 Å². The predicted molar refractivity (Wildman–Crippen MR) is 109 cm³/mol. The van der Waals surface area contributed by atoms with E-state index >= 15 is 0 Å². The fourth-order valence-electron chi connectivity index (χ4n) is 2.12. The molecule has 0 aliphatic carbocycles. The molecule has 2 aromatic rings. The first-order valence-electron chi connectivity index (χ1n) is 7.77. The molecule has 8 heteroatoms. The van der Waals surface area contributed by atoms with Gasteiger partial charge < -0.3 is 10.6 Å². The number of nitrogens with one attached hydrogen (secondary N) is 2. The quantitative estimate of drug-likeness (QED) is 0.287. The first-order valence-corrected chi connectivity index (χ1v) is 8.15. The van der Waals surface area contributed by atoms with Gasteiger partial charge in [-0.05, 0) is 37.0 Å². The fraction of sp³-hybridized carbons (Fsp3) is 0.438. The van der Waals surface area contributed by atoms with Crippen LogP contribution in [0.5, 0.6) is 0 Å². The van der Waals surface area contributed by atoms with E-state index in [1.54, 1.807) is 12.3 Å². The van der Waals surface area contributed by atoms with E-state index in [4.69, 9.17) is 11.6 Å². The molecule has 0 radical (unpaired) electrons. The summed E-state index contributed by atoms with van der Waals surface area (Å²) in [5, 5.41) is 11.3. The van der Waals surface area contributed by atoms with Crippen LogP contribution in [0.4, 0.5) is 0 Å². The highest BCUT2D eigenvalue weighted by Gasteiger charge is 2.00. The number of hydrogen-bond acceptors (Lipinski definition) is 3. The Morgan fingerprint density at radius 1 is 1.21 bits per heavy atom. The van der Waals surface area contributed by atoms with Crippen LogP contribution in [0, 0.1) is 0 Å². The van der Waals surface area contributed by atoms with E-state index in [0.717, 1.165) is 37.5 Å². The van der Waals surface area contributed by atoms with Gasteiger partial charge in [-0.25, -0.2) is 4.98 Å². The summed E-state index contributed by atoms with van der Waals surface area (Å²) in [4.78, 5) is 8.66. The number of aryl methyl sites for hydroxylation is 1. The zero-order valence-electron chi connectivity index (χ0n) is 14.0. The maximum absolute atomic E-state index is 5.78. The van der Waals surface area contributed by atoms with E-state index in [9.17, 15) is 0 Å². The van der Waals surface area contributed by atoms with E-state index in [0.29, 0.717) is 11.7 Å². The molecule has 0 aliphatic rings. The zero-order chi connectivity index (χ0) is 16.5. The van der Waals surface area contributed by atoms with Crippen molar-refractivity contribution in [2.24, 2.45) is 12.0 Å². The average Bonchev–Trinajstić information content (AvgIpc) is 2.95. The summed E-state index contributed by atoms with van der Waals surface area (Å²) in [5.74, 6) is 0.832. The summed E-state index contributed by atoms with van der Waals surface area (Å²) in [6.07, 6.45) is 7.46. The highest BCUT2D eigenvalue weighted by atomic mass is 127. The van der Waals surface area contributed by atoms with Gasteiger partial charge in [0.15, 0.2) is 5.96 Å². The van der Waals surface area contributed by atoms with Crippen LogP contribution in [0.2, 0.25) is 5.15 Å². The lowest BCUT2D eigenvalue weighted by Crippen LogP contribution is -2.38. The van der Waals surface area contributed by atoms with Crippen LogP contribution in [-0.2, 0) is 19.9 Å². The summed E-state index contributed by atoms with van der Waals surface area (Å²) in [6, 6.07) is 3.78. The Labute approximate surface area is 165 Å². The molecule has 0 saturated carbocycles. The van der Waals surface area contributed by atoms with Gasteiger partial charge >= 0.3 is 0 Å². The number of halogens is 2. The molecule has 0 unspecified atom stereocenters. The summed E-state index contributed by atoms with van der Waals surface area (Å²) in [7, 11) is 1.92. The molecular weight excluding hydrogens is 439 g/mol. The van der Waals surface area contributed by atoms with E-state index in [-0.39, 0.29) is 24.0 Å². The first-order chi connectivity index (χ1) is 11.2. The van der Waals surface area contributed by atoms with Gasteiger partial charge in [-0.1, -0.05) is 17.7 Å². The molecule has 6 nitrogen and oxygen atoms in total. The van der Waals surface area contributed by atoms with Crippen molar-refractivity contribution >= 4 is 41.5 Å². The zero-order valence-corrected chi connectivity index (χ0v) is 17.1. The molecular formula is C16H24ClIN6. The SMILES string of the molecule is CCNC(=NCCc1ccc(Cl)nc1)NCCc1cnn(C)c1.I. The number of rotatable bonds is 7. The minimum Gasteiger partial charge on any atom is -0.357 e. The summed E-state index contributed by atoms with van der Waals surface area (Å²) < 4.78 is 1.81. The van der Waals surface area contributed by atoms with Crippen molar-refractivity contribution in [2.45, 2.75) is 19.8 Å². The van der Waals surface area contributed by atoms with E-state index < -0.39 is 0 Å². The molecule has 0 spiro atoms. The second-order valence-corrected chi connectivity index (χ2v) is 5.59. The Morgan fingerprint density at radius 2 is 2.04 bits per heavy atom. The molecule has 2 heterocycles. The third-order valence-corrected chi connectivity index (χ3v) is 3.49. The third-order valence-electron chi connectivity index (χ3n) is 3.27. The van der Waals surface area contributed by atoms with Gasteiger partial charge in [0.2, 0.25) is 0 Å². The molecule has 2 rings (SSSR count). The minimum absolute atomic E-state index is 0. The van der Waals surface area contributed by atoms with Crippen LogP contribution >= 0.6 is 35.6 Å². The van der Waals surface area contributed by atoms with Gasteiger partial charge in [0.05, 0.1) is 6.20 Å². The van der Waals surface area contributed by atoms with Crippen molar-refractivity contribution in [2.75, 3.05) is 19.6 Å². The predicted octanol–water partition coefficient (Wildman–Crippen LogP) is 2.43. The van der Waals surface area contributed by atoms with Crippen molar-refractivity contribution in [1.82, 2.24) is 25.4 Å². The van der Waals surface area contributed by atoms with Gasteiger partial charge in [0.1, 0.15) is 5.15 Å². The molecule has 132 valence electrons. The lowest BCUT2D eigenvalue weighted by atomic mass is 10.2.